The van der Waals surface area contributed by atoms with E-state index in [0.29, 0.717) is 0 Å². The number of rotatable bonds is 4. The van der Waals surface area contributed by atoms with Crippen molar-refractivity contribution in [1.82, 2.24) is 0 Å². The van der Waals surface area contributed by atoms with Gasteiger partial charge in [0, 0.05) is 10.8 Å². The highest BCUT2D eigenvalue weighted by Crippen LogP contribution is 2.61. The lowest BCUT2D eigenvalue weighted by Crippen LogP contribution is -2.31. The van der Waals surface area contributed by atoms with Gasteiger partial charge in [-0.3, -0.25) is 13.9 Å². The summed E-state index contributed by atoms with van der Waals surface area (Å²) in [6, 6.07) is 0. The molecule has 0 bridgehead atoms. The van der Waals surface area contributed by atoms with E-state index in [1.807, 2.05) is 0 Å². The minimum Gasteiger partial charge on any atom is -0.298 e. The van der Waals surface area contributed by atoms with Crippen molar-refractivity contribution in [1.29, 1.82) is 0 Å². The first-order valence-corrected chi connectivity index (χ1v) is 8.31. The monoisotopic (exact) mass is 298 g/mol. The topological polar surface area (TPSA) is 126 Å². The average Bonchev–Trinajstić information content (AvgIpc) is 2.99. The molecule has 0 saturated heterocycles. The lowest BCUT2D eigenvalue weighted by atomic mass is 9.90. The smallest absolute Gasteiger partial charge is 0.268 e. The molecule has 2 rings (SSSR count). The zero-order valence-corrected chi connectivity index (χ0v) is 11.5. The summed E-state index contributed by atoms with van der Waals surface area (Å²) in [7, 11) is -8.60. The fraction of sp³-hybridized carbons (Fsp3) is 0.889. The van der Waals surface area contributed by atoms with Gasteiger partial charge in [-0.1, -0.05) is 13.8 Å². The van der Waals surface area contributed by atoms with Crippen molar-refractivity contribution in [3.05, 3.63) is 0 Å². The molecule has 2 N–H and O–H groups in total. The van der Waals surface area contributed by atoms with Gasteiger partial charge in [-0.25, -0.2) is 0 Å². The summed E-state index contributed by atoms with van der Waals surface area (Å²) in [5, 5.41) is -2.34. The van der Waals surface area contributed by atoms with Crippen LogP contribution in [0.25, 0.3) is 0 Å². The van der Waals surface area contributed by atoms with Crippen molar-refractivity contribution in [3.63, 3.8) is 0 Å². The molecule has 0 spiro atoms. The van der Waals surface area contributed by atoms with Crippen molar-refractivity contribution in [2.75, 3.05) is 0 Å². The van der Waals surface area contributed by atoms with E-state index in [1.54, 1.807) is 0 Å². The average molecular weight is 298 g/mol. The van der Waals surface area contributed by atoms with Crippen LogP contribution >= 0.6 is 0 Å². The number of carbonyl (C=O) groups excluding carboxylic acids is 1. The second kappa shape index (κ2) is 3.33. The molecule has 0 amide bonds. The highest BCUT2D eigenvalue weighted by molar-refractivity contribution is 7.87. The molecule has 18 heavy (non-hydrogen) atoms. The van der Waals surface area contributed by atoms with Gasteiger partial charge in [-0.05, 0) is 12.8 Å². The van der Waals surface area contributed by atoms with Crippen LogP contribution in [0.5, 0.6) is 0 Å². The van der Waals surface area contributed by atoms with E-state index in [4.69, 9.17) is 9.11 Å². The Morgan fingerprint density at radius 1 is 0.944 bits per heavy atom. The molecule has 4 atom stereocenters. The van der Waals surface area contributed by atoms with Crippen LogP contribution in [0.15, 0.2) is 0 Å². The third kappa shape index (κ3) is 1.89. The van der Waals surface area contributed by atoms with Gasteiger partial charge in [-0.15, -0.1) is 0 Å². The van der Waals surface area contributed by atoms with Crippen molar-refractivity contribution < 1.29 is 30.7 Å². The molecule has 0 aromatic rings. The zero-order chi connectivity index (χ0) is 14.1. The number of hydrogen-bond acceptors (Lipinski definition) is 5. The molecule has 0 radical (unpaired) electrons. The van der Waals surface area contributed by atoms with Crippen molar-refractivity contribution in [3.8, 4) is 0 Å². The maximum Gasteiger partial charge on any atom is 0.268 e. The Bertz CT molecular complexity index is 565. The van der Waals surface area contributed by atoms with Gasteiger partial charge in [-0.2, -0.15) is 16.8 Å². The molecular weight excluding hydrogens is 284 g/mol. The predicted molar refractivity (Wildman–Crippen MR) is 61.1 cm³/mol. The fourth-order valence-corrected chi connectivity index (χ4v) is 5.29. The molecule has 0 aromatic heterocycles. The number of hydrogen-bond donors (Lipinski definition) is 2. The lowest BCUT2D eigenvalue weighted by molar-refractivity contribution is -0.128. The SMILES string of the molecule is CC1(C(=O)C2(C)CC2S(=O)(=O)O)CC1S(=O)(=O)O. The standard InChI is InChI=1S/C9H14O7S2/c1-8(3-5(8)17(11,12)13)7(10)9(2)4-6(9)18(14,15)16/h5-6H,3-4H2,1-2H3,(H,11,12,13)(H,14,15,16). The normalized spacial score (nSPS) is 43.6. The lowest BCUT2D eigenvalue weighted by Gasteiger charge is -2.15. The number of carbonyl (C=O) groups is 1. The Morgan fingerprint density at radius 2 is 1.22 bits per heavy atom. The molecule has 2 aliphatic rings. The minimum absolute atomic E-state index is 0.0154. The second-order valence-corrected chi connectivity index (χ2v) is 8.78. The Morgan fingerprint density at radius 3 is 1.39 bits per heavy atom. The van der Waals surface area contributed by atoms with Crippen molar-refractivity contribution in [2.45, 2.75) is 37.2 Å². The zero-order valence-electron chi connectivity index (χ0n) is 9.82. The summed E-state index contributed by atoms with van der Waals surface area (Å²) in [4.78, 5) is 12.2. The van der Waals surface area contributed by atoms with E-state index < -0.39 is 47.3 Å². The second-order valence-electron chi connectivity index (χ2n) is 5.58. The molecule has 2 saturated carbocycles. The quantitative estimate of drug-likeness (QED) is 0.693. The number of Topliss-reactive ketones (excluding diaryl/α,β-unsaturated/α-hetero) is 1. The largest absolute Gasteiger partial charge is 0.298 e. The number of ketones is 1. The molecule has 9 heteroatoms. The highest BCUT2D eigenvalue weighted by atomic mass is 32.2. The summed E-state index contributed by atoms with van der Waals surface area (Å²) >= 11 is 0. The van der Waals surface area contributed by atoms with E-state index in [0.717, 1.165) is 0 Å². The maximum atomic E-state index is 12.2. The van der Waals surface area contributed by atoms with Crippen LogP contribution in [0.1, 0.15) is 26.7 Å². The molecule has 4 unspecified atom stereocenters. The summed E-state index contributed by atoms with van der Waals surface area (Å²) in [6.45, 7) is 2.77. The van der Waals surface area contributed by atoms with E-state index in [-0.39, 0.29) is 12.8 Å². The van der Waals surface area contributed by atoms with Crippen LogP contribution < -0.4 is 0 Å². The molecule has 2 fully saturated rings. The summed E-state index contributed by atoms with van der Waals surface area (Å²) < 4.78 is 61.7. The van der Waals surface area contributed by atoms with Crippen molar-refractivity contribution >= 4 is 26.0 Å². The van der Waals surface area contributed by atoms with Crippen LogP contribution in [0.4, 0.5) is 0 Å². The van der Waals surface area contributed by atoms with Gasteiger partial charge in [0.25, 0.3) is 20.2 Å². The van der Waals surface area contributed by atoms with Gasteiger partial charge in [0.05, 0.1) is 10.5 Å². The Kier molecular flexibility index (Phi) is 2.57. The molecule has 7 nitrogen and oxygen atoms in total. The van der Waals surface area contributed by atoms with Gasteiger partial charge < -0.3 is 0 Å². The predicted octanol–water partition coefficient (Wildman–Crippen LogP) is -0.112. The minimum atomic E-state index is -4.30. The molecule has 0 aliphatic heterocycles. The van der Waals surface area contributed by atoms with Crippen LogP contribution in [0, 0.1) is 10.8 Å². The summed E-state index contributed by atoms with van der Waals surface area (Å²) in [6.07, 6.45) is -0.0308. The van der Waals surface area contributed by atoms with Crippen molar-refractivity contribution in [2.24, 2.45) is 10.8 Å². The van der Waals surface area contributed by atoms with Gasteiger partial charge in [0.15, 0.2) is 0 Å². The van der Waals surface area contributed by atoms with E-state index in [1.165, 1.54) is 13.8 Å². The van der Waals surface area contributed by atoms with Crippen LogP contribution in [-0.2, 0) is 25.0 Å². The fourth-order valence-electron chi connectivity index (χ4n) is 2.65. The van der Waals surface area contributed by atoms with E-state index >= 15 is 0 Å². The molecular formula is C9H14O7S2. The highest BCUT2D eigenvalue weighted by Gasteiger charge is 2.72. The first-order chi connectivity index (χ1) is 7.83. The Labute approximate surface area is 105 Å². The summed E-state index contributed by atoms with van der Waals surface area (Å²) in [5.41, 5.74) is -2.50. The Hall–Kier alpha value is -0.510. The molecule has 0 aromatic carbocycles. The third-order valence-electron chi connectivity index (χ3n) is 4.08. The first-order valence-electron chi connectivity index (χ1n) is 5.31. The van der Waals surface area contributed by atoms with E-state index in [9.17, 15) is 21.6 Å². The first kappa shape index (κ1) is 13.9. The van der Waals surface area contributed by atoms with Gasteiger partial charge >= 0.3 is 0 Å². The van der Waals surface area contributed by atoms with E-state index in [2.05, 4.69) is 0 Å². The van der Waals surface area contributed by atoms with Crippen LogP contribution in [-0.4, -0.2) is 42.2 Å². The Balaban J connectivity index is 2.22. The van der Waals surface area contributed by atoms with Crippen LogP contribution in [0.3, 0.4) is 0 Å². The maximum absolute atomic E-state index is 12.2. The van der Waals surface area contributed by atoms with Crippen LogP contribution in [0.2, 0.25) is 0 Å². The molecule has 0 heterocycles. The van der Waals surface area contributed by atoms with Gasteiger partial charge in [0.2, 0.25) is 0 Å². The third-order valence-corrected chi connectivity index (χ3v) is 6.89. The summed E-state index contributed by atoms with van der Waals surface area (Å²) in [5.74, 6) is -0.528. The molecule has 104 valence electrons. The van der Waals surface area contributed by atoms with Gasteiger partial charge in [0.1, 0.15) is 5.78 Å². The molecule has 2 aliphatic carbocycles.